The predicted octanol–water partition coefficient (Wildman–Crippen LogP) is 3.00. The lowest BCUT2D eigenvalue weighted by molar-refractivity contribution is 0.0652. The molecule has 0 saturated carbocycles. The van der Waals surface area contributed by atoms with Gasteiger partial charge in [0, 0.05) is 48.1 Å². The number of hydrogen-bond acceptors (Lipinski definition) is 6. The molecule has 28 heavy (non-hydrogen) atoms. The van der Waals surface area contributed by atoms with Gasteiger partial charge < -0.3 is 14.7 Å². The summed E-state index contributed by atoms with van der Waals surface area (Å²) in [5, 5.41) is 8.79. The van der Waals surface area contributed by atoms with Gasteiger partial charge in [-0.05, 0) is 30.3 Å². The van der Waals surface area contributed by atoms with Crippen LogP contribution in [0.1, 0.15) is 5.56 Å². The van der Waals surface area contributed by atoms with Gasteiger partial charge in [0.15, 0.2) is 0 Å². The summed E-state index contributed by atoms with van der Waals surface area (Å²) in [7, 11) is 0. The number of rotatable bonds is 5. The minimum absolute atomic E-state index is 0.0586. The maximum absolute atomic E-state index is 14.0. The first kappa shape index (κ1) is 19.4. The van der Waals surface area contributed by atoms with Gasteiger partial charge in [0.05, 0.1) is 25.5 Å². The van der Waals surface area contributed by atoms with E-state index in [1.54, 1.807) is 17.8 Å². The highest BCUT2D eigenvalue weighted by Crippen LogP contribution is 2.40. The van der Waals surface area contributed by atoms with Gasteiger partial charge in [-0.2, -0.15) is 0 Å². The van der Waals surface area contributed by atoms with Gasteiger partial charge in [-0.15, -0.1) is 0 Å². The lowest BCUT2D eigenvalue weighted by atomic mass is 10.1. The average molecular weight is 402 g/mol. The second-order valence-corrected chi connectivity index (χ2v) is 7.89. The molecule has 7 heteroatoms. The Morgan fingerprint density at radius 1 is 1.04 bits per heavy atom. The first-order chi connectivity index (χ1) is 13.7. The van der Waals surface area contributed by atoms with Crippen molar-refractivity contribution in [1.29, 1.82) is 0 Å². The van der Waals surface area contributed by atoms with Crippen LogP contribution in [0.15, 0.2) is 57.2 Å². The van der Waals surface area contributed by atoms with E-state index in [1.165, 1.54) is 6.07 Å². The zero-order valence-corrected chi connectivity index (χ0v) is 16.5. The number of ether oxygens (including phenoxy) is 1. The van der Waals surface area contributed by atoms with Crippen molar-refractivity contribution in [2.75, 3.05) is 52.5 Å². The summed E-state index contributed by atoms with van der Waals surface area (Å²) in [6.45, 7) is 5.40. The molecule has 0 radical (unpaired) electrons. The third-order valence-corrected chi connectivity index (χ3v) is 6.09. The van der Waals surface area contributed by atoms with E-state index >= 15 is 0 Å². The highest BCUT2D eigenvalue weighted by atomic mass is 32.2. The van der Waals surface area contributed by atoms with Crippen LogP contribution in [0, 0.1) is 5.82 Å². The van der Waals surface area contributed by atoms with Crippen LogP contribution in [0.3, 0.4) is 0 Å². The van der Waals surface area contributed by atoms with Crippen molar-refractivity contribution in [3.63, 3.8) is 0 Å². The van der Waals surface area contributed by atoms with E-state index < -0.39 is 0 Å². The maximum Gasteiger partial charge on any atom is 0.137 e. The fraction of sp³-hybridized carbons (Fsp3) is 0.381. The Kier molecular flexibility index (Phi) is 6.26. The topological polar surface area (TPSA) is 48.3 Å². The number of fused-ring (bicyclic) bond motifs is 2. The molecule has 0 spiro atoms. The van der Waals surface area contributed by atoms with E-state index in [0.717, 1.165) is 59.6 Å². The number of aliphatic hydroxyl groups excluding tert-OH is 1. The molecular formula is C21H24FN3O2S. The van der Waals surface area contributed by atoms with Crippen molar-refractivity contribution in [2.45, 2.75) is 9.79 Å². The number of amidine groups is 1. The summed E-state index contributed by atoms with van der Waals surface area (Å²) < 4.78 is 19.4. The molecule has 1 saturated heterocycles. The molecule has 2 aromatic rings. The van der Waals surface area contributed by atoms with Gasteiger partial charge in [0.1, 0.15) is 11.7 Å². The monoisotopic (exact) mass is 401 g/mol. The van der Waals surface area contributed by atoms with Crippen LogP contribution in [0.5, 0.6) is 0 Å². The van der Waals surface area contributed by atoms with Crippen LogP contribution in [0.4, 0.5) is 10.1 Å². The number of nitrogens with zero attached hydrogens (tertiary/aromatic N) is 3. The van der Waals surface area contributed by atoms with Crippen LogP contribution in [-0.2, 0) is 4.74 Å². The van der Waals surface area contributed by atoms with E-state index in [-0.39, 0.29) is 12.4 Å². The maximum atomic E-state index is 14.0. The molecule has 2 aromatic carbocycles. The van der Waals surface area contributed by atoms with Crippen molar-refractivity contribution in [1.82, 2.24) is 9.80 Å². The normalized spacial score (nSPS) is 16.9. The smallest absolute Gasteiger partial charge is 0.137 e. The average Bonchev–Trinajstić information content (AvgIpc) is 2.88. The number of benzene rings is 2. The second kappa shape index (κ2) is 9.05. The number of halogens is 1. The van der Waals surface area contributed by atoms with Crippen LogP contribution in [0.2, 0.25) is 0 Å². The number of piperazine rings is 1. The Morgan fingerprint density at radius 2 is 1.86 bits per heavy atom. The van der Waals surface area contributed by atoms with Crippen molar-refractivity contribution in [3.05, 3.63) is 53.8 Å². The van der Waals surface area contributed by atoms with Crippen LogP contribution in [-0.4, -0.2) is 73.3 Å². The van der Waals surface area contributed by atoms with Crippen LogP contribution >= 0.6 is 11.8 Å². The molecule has 4 rings (SSSR count). The molecule has 0 unspecified atom stereocenters. The number of hydrogen-bond donors (Lipinski definition) is 1. The first-order valence-corrected chi connectivity index (χ1v) is 10.4. The molecule has 148 valence electrons. The molecular weight excluding hydrogens is 377 g/mol. The van der Waals surface area contributed by atoms with Crippen molar-refractivity contribution in [3.8, 4) is 0 Å². The van der Waals surface area contributed by atoms with Crippen molar-refractivity contribution in [2.24, 2.45) is 4.99 Å². The Morgan fingerprint density at radius 3 is 2.68 bits per heavy atom. The number of aliphatic imine (C=N–C) groups is 1. The molecule has 2 aliphatic heterocycles. The van der Waals surface area contributed by atoms with Crippen LogP contribution < -0.4 is 0 Å². The summed E-state index contributed by atoms with van der Waals surface area (Å²) in [5.74, 6) is 0.612. The second-order valence-electron chi connectivity index (χ2n) is 6.81. The predicted molar refractivity (Wildman–Crippen MR) is 109 cm³/mol. The summed E-state index contributed by atoms with van der Waals surface area (Å²) >= 11 is 1.64. The Hall–Kier alpha value is -1.93. The highest BCUT2D eigenvalue weighted by Gasteiger charge is 2.25. The molecule has 0 atom stereocenters. The quantitative estimate of drug-likeness (QED) is 0.781. The molecule has 0 aromatic heterocycles. The molecule has 1 N–H and O–H groups in total. The zero-order chi connectivity index (χ0) is 19.3. The molecule has 2 aliphatic rings. The summed E-state index contributed by atoms with van der Waals surface area (Å²) in [5.41, 5.74) is 1.79. The standard InChI is InChI=1S/C21H24FN3O2S/c22-16-5-6-19-17(15-16)21(23-18-3-1-2-4-20(18)28-19)25-9-7-24(8-10-25)11-13-27-14-12-26/h1-6,15,26H,7-14H2. The van der Waals surface area contributed by atoms with Gasteiger partial charge >= 0.3 is 0 Å². The van der Waals surface area contributed by atoms with E-state index in [0.29, 0.717) is 13.2 Å². The fourth-order valence-electron chi connectivity index (χ4n) is 3.48. The van der Waals surface area contributed by atoms with E-state index in [4.69, 9.17) is 14.8 Å². The minimum Gasteiger partial charge on any atom is -0.394 e. The minimum atomic E-state index is -0.238. The van der Waals surface area contributed by atoms with Gasteiger partial charge in [-0.25, -0.2) is 9.38 Å². The summed E-state index contributed by atoms with van der Waals surface area (Å²) in [6.07, 6.45) is 0. The van der Waals surface area contributed by atoms with Crippen LogP contribution in [0.25, 0.3) is 0 Å². The molecule has 5 nitrogen and oxygen atoms in total. The number of aliphatic hydroxyl groups is 1. The van der Waals surface area contributed by atoms with Gasteiger partial charge in [-0.1, -0.05) is 23.9 Å². The summed E-state index contributed by atoms with van der Waals surface area (Å²) in [6, 6.07) is 13.0. The van der Waals surface area contributed by atoms with Crippen molar-refractivity contribution >= 4 is 23.3 Å². The largest absolute Gasteiger partial charge is 0.394 e. The summed E-state index contributed by atoms with van der Waals surface area (Å²) in [4.78, 5) is 11.7. The molecule has 0 bridgehead atoms. The lowest BCUT2D eigenvalue weighted by Crippen LogP contribution is -2.49. The molecule has 1 fully saturated rings. The Bertz CT molecular complexity index is 853. The molecule has 2 heterocycles. The van der Waals surface area contributed by atoms with Gasteiger partial charge in [0.25, 0.3) is 0 Å². The van der Waals surface area contributed by atoms with E-state index in [1.807, 2.05) is 24.3 Å². The van der Waals surface area contributed by atoms with E-state index in [9.17, 15) is 4.39 Å². The number of para-hydroxylation sites is 1. The Balaban J connectivity index is 1.54. The molecule has 0 amide bonds. The third kappa shape index (κ3) is 4.38. The zero-order valence-electron chi connectivity index (χ0n) is 15.7. The van der Waals surface area contributed by atoms with E-state index in [2.05, 4.69) is 15.9 Å². The van der Waals surface area contributed by atoms with Crippen molar-refractivity contribution < 1.29 is 14.2 Å². The lowest BCUT2D eigenvalue weighted by Gasteiger charge is -2.36. The van der Waals surface area contributed by atoms with Gasteiger partial charge in [-0.3, -0.25) is 4.90 Å². The molecule has 0 aliphatic carbocycles. The first-order valence-electron chi connectivity index (χ1n) is 9.56. The highest BCUT2D eigenvalue weighted by molar-refractivity contribution is 7.99. The Labute approximate surface area is 168 Å². The SMILES string of the molecule is OCCOCCN1CCN(C2=Nc3ccccc3Sc3ccc(F)cc32)CC1. The fourth-order valence-corrected chi connectivity index (χ4v) is 4.48. The third-order valence-electron chi connectivity index (χ3n) is 4.95. The van der Waals surface area contributed by atoms with Gasteiger partial charge in [0.2, 0.25) is 0 Å².